The molecule has 1 aliphatic carbocycles. The summed E-state index contributed by atoms with van der Waals surface area (Å²) in [6.07, 6.45) is 4.52. The minimum Gasteiger partial charge on any atom is -0.482 e. The number of para-hydroxylation sites is 2. The molecule has 1 saturated carbocycles. The Balaban J connectivity index is 0.00000300. The van der Waals surface area contributed by atoms with Gasteiger partial charge >= 0.3 is 0 Å². The van der Waals surface area contributed by atoms with Gasteiger partial charge in [-0.15, -0.1) is 24.0 Å². The van der Waals surface area contributed by atoms with Crippen LogP contribution in [0.3, 0.4) is 0 Å². The summed E-state index contributed by atoms with van der Waals surface area (Å²) < 4.78 is 5.50. The Morgan fingerprint density at radius 1 is 1.31 bits per heavy atom. The smallest absolute Gasteiger partial charge is 0.265 e. The largest absolute Gasteiger partial charge is 0.482 e. The lowest BCUT2D eigenvalue weighted by Crippen LogP contribution is -2.43. The second kappa shape index (κ2) is 12.5. The van der Waals surface area contributed by atoms with E-state index in [4.69, 9.17) is 9.73 Å². The van der Waals surface area contributed by atoms with E-state index in [9.17, 15) is 4.79 Å². The summed E-state index contributed by atoms with van der Waals surface area (Å²) >= 11 is 2.07. The monoisotopic (exact) mass is 532 g/mol. The summed E-state index contributed by atoms with van der Waals surface area (Å²) in [4.78, 5) is 18.8. The van der Waals surface area contributed by atoms with Crippen molar-refractivity contribution in [2.24, 2.45) is 4.99 Å². The highest BCUT2D eigenvalue weighted by Gasteiger charge is 2.26. The second-order valence-electron chi connectivity index (χ2n) is 7.15. The molecule has 2 aliphatic rings. The van der Waals surface area contributed by atoms with E-state index in [1.54, 1.807) is 0 Å². The van der Waals surface area contributed by atoms with Gasteiger partial charge in [0.15, 0.2) is 12.6 Å². The zero-order valence-corrected chi connectivity index (χ0v) is 20.5. The van der Waals surface area contributed by atoms with E-state index in [0.717, 1.165) is 35.6 Å². The molecule has 0 spiro atoms. The van der Waals surface area contributed by atoms with Crippen LogP contribution in [-0.2, 0) is 4.79 Å². The first-order valence-corrected chi connectivity index (χ1v) is 11.4. The maximum absolute atomic E-state index is 12.2. The van der Waals surface area contributed by atoms with Gasteiger partial charge in [-0.25, -0.2) is 0 Å². The predicted molar refractivity (Wildman–Crippen MR) is 133 cm³/mol. The number of hydrogen-bond donors (Lipinski definition) is 2. The van der Waals surface area contributed by atoms with Gasteiger partial charge in [-0.1, -0.05) is 19.1 Å². The Morgan fingerprint density at radius 2 is 2.14 bits per heavy atom. The quantitative estimate of drug-likeness (QED) is 0.232. The van der Waals surface area contributed by atoms with E-state index >= 15 is 0 Å². The fourth-order valence-electron chi connectivity index (χ4n) is 3.79. The zero-order chi connectivity index (χ0) is 19.8. The summed E-state index contributed by atoms with van der Waals surface area (Å²) in [5.41, 5.74) is 0.859. The van der Waals surface area contributed by atoms with E-state index in [1.807, 2.05) is 29.2 Å². The Kier molecular flexibility index (Phi) is 10.4. The van der Waals surface area contributed by atoms with Crippen molar-refractivity contribution in [2.75, 3.05) is 36.9 Å². The fourth-order valence-corrected chi connectivity index (χ4v) is 4.93. The number of carbonyl (C=O) groups is 1. The minimum absolute atomic E-state index is 0. The van der Waals surface area contributed by atoms with E-state index in [0.29, 0.717) is 19.1 Å². The standard InChI is InChI=1S/C21H32N4O2S.HI/c1-3-22-21(24-16-10-11-17(14-16)28-4-2)23-12-7-13-25-18-8-5-6-9-19(18)27-15-20(25)26;/h5-6,8-9,16-17H,3-4,7,10-15H2,1-2H3,(H2,22,23,24);1H. The van der Waals surface area contributed by atoms with Crippen LogP contribution in [0.2, 0.25) is 0 Å². The third kappa shape index (κ3) is 6.94. The summed E-state index contributed by atoms with van der Waals surface area (Å²) in [7, 11) is 0. The van der Waals surface area contributed by atoms with Crippen LogP contribution in [-0.4, -0.2) is 55.2 Å². The van der Waals surface area contributed by atoms with Gasteiger partial charge in [0.05, 0.1) is 5.69 Å². The topological polar surface area (TPSA) is 66.0 Å². The molecule has 1 aromatic carbocycles. The van der Waals surface area contributed by atoms with Crippen LogP contribution in [0.5, 0.6) is 5.75 Å². The Hall–Kier alpha value is -1.16. The van der Waals surface area contributed by atoms with Crippen molar-refractivity contribution in [1.82, 2.24) is 10.6 Å². The van der Waals surface area contributed by atoms with Crippen LogP contribution in [0.1, 0.15) is 39.5 Å². The van der Waals surface area contributed by atoms with Crippen LogP contribution in [0, 0.1) is 0 Å². The van der Waals surface area contributed by atoms with Crippen molar-refractivity contribution in [3.8, 4) is 5.75 Å². The molecule has 2 atom stereocenters. The number of halogens is 1. The molecule has 162 valence electrons. The van der Waals surface area contributed by atoms with Crippen molar-refractivity contribution in [1.29, 1.82) is 0 Å². The van der Waals surface area contributed by atoms with Gasteiger partial charge in [-0.05, 0) is 50.5 Å². The Bertz CT molecular complexity index is 688. The maximum Gasteiger partial charge on any atom is 0.265 e. The van der Waals surface area contributed by atoms with Crippen LogP contribution in [0.25, 0.3) is 0 Å². The van der Waals surface area contributed by atoms with Crippen molar-refractivity contribution in [3.05, 3.63) is 24.3 Å². The van der Waals surface area contributed by atoms with E-state index in [1.165, 1.54) is 25.0 Å². The number of nitrogens with zero attached hydrogens (tertiary/aromatic N) is 2. The summed E-state index contributed by atoms with van der Waals surface area (Å²) in [5, 5.41) is 7.72. The number of hydrogen-bond acceptors (Lipinski definition) is 4. The van der Waals surface area contributed by atoms with Crippen molar-refractivity contribution >= 4 is 53.3 Å². The summed E-state index contributed by atoms with van der Waals surface area (Å²) in [6.45, 7) is 6.62. The van der Waals surface area contributed by atoms with Gasteiger partial charge in [-0.3, -0.25) is 9.79 Å². The van der Waals surface area contributed by atoms with E-state index in [2.05, 4.69) is 36.2 Å². The van der Waals surface area contributed by atoms with E-state index in [-0.39, 0.29) is 36.5 Å². The number of benzene rings is 1. The number of thioether (sulfide) groups is 1. The molecule has 2 N–H and O–H groups in total. The molecule has 0 aromatic heterocycles. The van der Waals surface area contributed by atoms with Gasteiger partial charge in [0.2, 0.25) is 0 Å². The average Bonchev–Trinajstić information content (AvgIpc) is 3.14. The predicted octanol–water partition coefficient (Wildman–Crippen LogP) is 3.65. The molecular weight excluding hydrogens is 499 g/mol. The molecule has 3 rings (SSSR count). The molecule has 6 nitrogen and oxygen atoms in total. The molecule has 0 bridgehead atoms. The second-order valence-corrected chi connectivity index (χ2v) is 8.73. The number of fused-ring (bicyclic) bond motifs is 1. The highest BCUT2D eigenvalue weighted by atomic mass is 127. The first kappa shape index (κ1) is 24.1. The Morgan fingerprint density at radius 3 is 2.93 bits per heavy atom. The number of rotatable bonds is 8. The lowest BCUT2D eigenvalue weighted by atomic mass is 10.2. The van der Waals surface area contributed by atoms with Crippen molar-refractivity contribution in [2.45, 2.75) is 50.8 Å². The summed E-state index contributed by atoms with van der Waals surface area (Å²) in [6, 6.07) is 8.22. The maximum atomic E-state index is 12.2. The van der Waals surface area contributed by atoms with Crippen LogP contribution >= 0.6 is 35.7 Å². The Labute approximate surface area is 195 Å². The SMILES string of the molecule is CCNC(=NCCCN1C(=O)COc2ccccc21)NC1CCC(SCC)C1.I. The number of amides is 1. The highest BCUT2D eigenvalue weighted by molar-refractivity contribution is 14.0. The van der Waals surface area contributed by atoms with Crippen molar-refractivity contribution < 1.29 is 9.53 Å². The van der Waals surface area contributed by atoms with Gasteiger partial charge in [-0.2, -0.15) is 11.8 Å². The molecule has 29 heavy (non-hydrogen) atoms. The molecule has 8 heteroatoms. The van der Waals surface area contributed by atoms with Crippen LogP contribution < -0.4 is 20.3 Å². The molecule has 0 radical (unpaired) electrons. The lowest BCUT2D eigenvalue weighted by molar-refractivity contribution is -0.121. The number of aliphatic imine (C=N–C) groups is 1. The molecule has 1 amide bonds. The molecule has 1 heterocycles. The third-order valence-electron chi connectivity index (χ3n) is 5.09. The lowest BCUT2D eigenvalue weighted by Gasteiger charge is -2.29. The molecule has 1 aliphatic heterocycles. The van der Waals surface area contributed by atoms with Crippen LogP contribution in [0.15, 0.2) is 29.3 Å². The number of guanidine groups is 1. The average molecular weight is 532 g/mol. The van der Waals surface area contributed by atoms with Gasteiger partial charge < -0.3 is 20.3 Å². The number of nitrogens with one attached hydrogen (secondary N) is 2. The first-order chi connectivity index (χ1) is 13.7. The molecule has 1 aromatic rings. The summed E-state index contributed by atoms with van der Waals surface area (Å²) in [5.74, 6) is 2.87. The zero-order valence-electron chi connectivity index (χ0n) is 17.4. The number of ether oxygens (including phenoxy) is 1. The number of carbonyl (C=O) groups excluding carboxylic acids is 1. The molecule has 2 unspecified atom stereocenters. The minimum atomic E-state index is 0. The molecular formula is C21H33IN4O2S. The van der Waals surface area contributed by atoms with Crippen molar-refractivity contribution in [3.63, 3.8) is 0 Å². The fraction of sp³-hybridized carbons (Fsp3) is 0.619. The molecule has 1 fully saturated rings. The van der Waals surface area contributed by atoms with E-state index < -0.39 is 0 Å². The van der Waals surface area contributed by atoms with Gasteiger partial charge in [0.1, 0.15) is 5.75 Å². The van der Waals surface area contributed by atoms with Gasteiger partial charge in [0, 0.05) is 30.9 Å². The molecule has 0 saturated heterocycles. The van der Waals surface area contributed by atoms with Gasteiger partial charge in [0.25, 0.3) is 5.91 Å². The first-order valence-electron chi connectivity index (χ1n) is 10.4. The normalized spacial score (nSPS) is 21.2. The third-order valence-corrected chi connectivity index (χ3v) is 6.32. The number of anilines is 1. The van der Waals surface area contributed by atoms with Crippen LogP contribution in [0.4, 0.5) is 5.69 Å². The highest BCUT2D eigenvalue weighted by Crippen LogP contribution is 2.31.